The molecule has 0 radical (unpaired) electrons. The van der Waals surface area contributed by atoms with Crippen LogP contribution in [0.4, 0.5) is 0 Å². The topological polar surface area (TPSA) is 0 Å². The summed E-state index contributed by atoms with van der Waals surface area (Å²) in [5, 5.41) is 0. The summed E-state index contributed by atoms with van der Waals surface area (Å²) in [6.07, 6.45) is 2.69. The minimum absolute atomic E-state index is 0. The zero-order valence-electron chi connectivity index (χ0n) is 22.1. The molecule has 34 heavy (non-hydrogen) atoms. The van der Waals surface area contributed by atoms with E-state index in [4.69, 9.17) is 0 Å². The van der Waals surface area contributed by atoms with Gasteiger partial charge in [-0.3, -0.25) is 0 Å². The van der Waals surface area contributed by atoms with E-state index in [0.29, 0.717) is 9.54 Å². The van der Waals surface area contributed by atoms with Crippen LogP contribution in [0.1, 0.15) is 74.3 Å². The van der Waals surface area contributed by atoms with E-state index in [1.807, 2.05) is 3.28 Å². The number of allylic oxidation sites excluding steroid dienone is 5. The smallest absolute Gasteiger partial charge is 1.00 e. The molecule has 4 heteroatoms. The Morgan fingerprint density at radius 2 is 1.41 bits per heavy atom. The van der Waals surface area contributed by atoms with Gasteiger partial charge in [0.15, 0.2) is 0 Å². The van der Waals surface area contributed by atoms with E-state index in [0.717, 1.165) is 0 Å². The Bertz CT molecular complexity index is 1200. The second-order valence-electron chi connectivity index (χ2n) is 11.0. The van der Waals surface area contributed by atoms with Crippen molar-refractivity contribution in [3.8, 4) is 0 Å². The van der Waals surface area contributed by atoms with Crippen LogP contribution in [0.15, 0.2) is 74.6 Å². The molecule has 2 unspecified atom stereocenters. The molecule has 2 aliphatic rings. The predicted octanol–water partition coefficient (Wildman–Crippen LogP) is 2.61. The van der Waals surface area contributed by atoms with Gasteiger partial charge in [-0.1, -0.05) is 0 Å². The Morgan fingerprint density at radius 3 is 1.91 bits per heavy atom. The van der Waals surface area contributed by atoms with Crippen LogP contribution in [0.5, 0.6) is 0 Å². The third kappa shape index (κ3) is 5.22. The third-order valence-electron chi connectivity index (χ3n) is 7.76. The predicted molar refractivity (Wildman–Crippen MR) is 139 cm³/mol. The van der Waals surface area contributed by atoms with Gasteiger partial charge < -0.3 is 24.8 Å². The van der Waals surface area contributed by atoms with E-state index in [9.17, 15) is 0 Å². The normalized spacial score (nSPS) is 19.1. The second-order valence-corrected chi connectivity index (χ2v) is 28.4. The van der Waals surface area contributed by atoms with E-state index < -0.39 is 20.4 Å². The zero-order chi connectivity index (χ0) is 23.4. The summed E-state index contributed by atoms with van der Waals surface area (Å²) in [6.45, 7) is 21.7. The van der Waals surface area contributed by atoms with E-state index in [1.165, 1.54) is 22.3 Å². The maximum Gasteiger partial charge on any atom is -1.00 e. The van der Waals surface area contributed by atoms with Crippen LogP contribution < -0.4 is 24.8 Å². The third-order valence-corrected chi connectivity index (χ3v) is 26.3. The van der Waals surface area contributed by atoms with Gasteiger partial charge >= 0.3 is 205 Å². The van der Waals surface area contributed by atoms with Crippen LogP contribution >= 0.6 is 0 Å². The van der Waals surface area contributed by atoms with Crippen molar-refractivity contribution >= 4 is 11.0 Å². The molecule has 2 aromatic rings. The molecule has 180 valence electrons. The summed E-state index contributed by atoms with van der Waals surface area (Å²) in [5.41, 5.74) is 12.0. The molecule has 0 aliphatic heterocycles. The summed E-state index contributed by atoms with van der Waals surface area (Å²) in [7, 11) is 0. The summed E-state index contributed by atoms with van der Waals surface area (Å²) < 4.78 is 2.57. The van der Waals surface area contributed by atoms with Crippen LogP contribution in [0.25, 0.3) is 5.57 Å². The number of fused-ring (bicyclic) bond motifs is 1. The van der Waals surface area contributed by atoms with E-state index >= 15 is 0 Å². The monoisotopic (exact) mass is 586 g/mol. The van der Waals surface area contributed by atoms with Gasteiger partial charge in [-0.2, -0.15) is 0 Å². The maximum absolute atomic E-state index is 2.69. The van der Waals surface area contributed by atoms with Crippen molar-refractivity contribution in [2.24, 2.45) is 5.92 Å². The molecule has 2 atom stereocenters. The summed E-state index contributed by atoms with van der Waals surface area (Å²) in [6, 6.07) is 18.7. The molecule has 0 bridgehead atoms. The van der Waals surface area contributed by atoms with Crippen LogP contribution in [-0.4, -0.2) is 5.43 Å². The minimum Gasteiger partial charge on any atom is -1.00 e. The molecular formula is C30H38Cl2SiZr. The Balaban J connectivity index is 0.00000204. The van der Waals surface area contributed by atoms with Crippen LogP contribution in [0.3, 0.4) is 0 Å². The number of hydrogen-bond acceptors (Lipinski definition) is 0. The molecule has 0 nitrogen and oxygen atoms in total. The molecule has 0 amide bonds. The molecule has 0 spiro atoms. The molecule has 4 rings (SSSR count). The van der Waals surface area contributed by atoms with Gasteiger partial charge in [0, 0.05) is 0 Å². The Labute approximate surface area is 228 Å². The molecule has 0 saturated heterocycles. The van der Waals surface area contributed by atoms with Gasteiger partial charge in [0.05, 0.1) is 0 Å². The molecule has 0 saturated carbocycles. The number of rotatable bonds is 3. The molecule has 2 aliphatic carbocycles. The van der Waals surface area contributed by atoms with Crippen molar-refractivity contribution in [3.05, 3.63) is 96.9 Å². The molecule has 0 aromatic heterocycles. The van der Waals surface area contributed by atoms with Crippen molar-refractivity contribution in [1.29, 1.82) is 0 Å². The van der Waals surface area contributed by atoms with Gasteiger partial charge in [-0.05, 0) is 0 Å². The first-order valence-electron chi connectivity index (χ1n) is 12.0. The van der Waals surface area contributed by atoms with E-state index in [-0.39, 0.29) is 35.7 Å². The van der Waals surface area contributed by atoms with E-state index in [1.54, 1.807) is 22.3 Å². The van der Waals surface area contributed by atoms with Crippen LogP contribution in [-0.2, 0) is 25.8 Å². The quantitative estimate of drug-likeness (QED) is 0.484. The SMILES string of the molecule is CC1=C(C)C(C)[C]([Zr+2]([CH]2C=C(c3ccc(C(C)(C)C)cc3)c3ccccc32)=[Si](C)C)=C1C.[Cl-].[Cl-]. The number of benzene rings is 2. The fourth-order valence-electron chi connectivity index (χ4n) is 5.55. The standard InChI is InChI=1S/C19H19.C9H13.C2H6Si.2ClH.Zr/c1-19(2,3)16-11-8-15(9-12-16)18-13-10-14-6-4-5-7-17(14)18;1-6-5-7(2)9(4)8(6)3;1-3-2;;;/h4-13H,1-3H3;6H,1-4H3;1-2H3;2*1H;/q;;;;;+2/p-2. The van der Waals surface area contributed by atoms with Gasteiger partial charge in [0.25, 0.3) is 0 Å². The van der Waals surface area contributed by atoms with E-state index in [2.05, 4.69) is 116 Å². The molecular weight excluding hydrogens is 551 g/mol. The first-order chi connectivity index (χ1) is 15.0. The first kappa shape index (κ1) is 29.6. The summed E-state index contributed by atoms with van der Waals surface area (Å²) in [4.78, 5) is 0. The molecule has 0 fully saturated rings. The summed E-state index contributed by atoms with van der Waals surface area (Å²) >= 11 is -1.93. The van der Waals surface area contributed by atoms with Crippen molar-refractivity contribution in [3.63, 3.8) is 0 Å². The Hall–Kier alpha value is -0.660. The van der Waals surface area contributed by atoms with Crippen LogP contribution in [0, 0.1) is 5.92 Å². The Morgan fingerprint density at radius 1 is 0.824 bits per heavy atom. The largest absolute Gasteiger partial charge is 1.00 e. The zero-order valence-corrected chi connectivity index (χ0v) is 27.1. The van der Waals surface area contributed by atoms with Crippen molar-refractivity contribution in [2.45, 2.75) is 70.6 Å². The number of halogens is 2. The van der Waals surface area contributed by atoms with Crippen molar-refractivity contribution < 1.29 is 45.2 Å². The van der Waals surface area contributed by atoms with Gasteiger partial charge in [-0.15, -0.1) is 0 Å². The minimum atomic E-state index is -1.93. The fraction of sp³-hybridized carbons (Fsp3) is 0.400. The van der Waals surface area contributed by atoms with Crippen molar-refractivity contribution in [1.82, 2.24) is 0 Å². The van der Waals surface area contributed by atoms with Gasteiger partial charge in [-0.25, -0.2) is 0 Å². The molecule has 0 heterocycles. The Kier molecular flexibility index (Phi) is 9.71. The average Bonchev–Trinajstić information content (AvgIpc) is 3.21. The first-order valence-corrected chi connectivity index (χ1v) is 20.8. The maximum atomic E-state index is 2.69. The molecule has 2 aromatic carbocycles. The average molecular weight is 589 g/mol. The second kappa shape index (κ2) is 11.2. The number of hydrogen-bond donors (Lipinski definition) is 0. The van der Waals surface area contributed by atoms with Gasteiger partial charge in [0.1, 0.15) is 0 Å². The van der Waals surface area contributed by atoms with Gasteiger partial charge in [0.2, 0.25) is 0 Å². The fourth-order valence-corrected chi connectivity index (χ4v) is 25.2. The summed E-state index contributed by atoms with van der Waals surface area (Å²) in [5.74, 6) is 0.653. The van der Waals surface area contributed by atoms with Crippen molar-refractivity contribution in [2.75, 3.05) is 0 Å². The van der Waals surface area contributed by atoms with Crippen LogP contribution in [0.2, 0.25) is 13.1 Å². The molecule has 0 N–H and O–H groups in total.